The van der Waals surface area contributed by atoms with Crippen LogP contribution in [0.1, 0.15) is 60.3 Å². The summed E-state index contributed by atoms with van der Waals surface area (Å²) in [5.74, 6) is -1.35. The summed E-state index contributed by atoms with van der Waals surface area (Å²) in [6.45, 7) is 3.49. The first-order chi connectivity index (χ1) is 11.3. The van der Waals surface area contributed by atoms with E-state index in [1.807, 2.05) is 6.92 Å². The number of aromatic nitrogens is 1. The Morgan fingerprint density at radius 2 is 2.00 bits per heavy atom. The van der Waals surface area contributed by atoms with Crippen LogP contribution < -0.4 is 5.73 Å². The topological polar surface area (TPSA) is 59.2 Å². The standard InChI is InChI=1S/C17H22F3N3O/c1-10-15-13(6-12(7-22-15)16(21)24)9-23(10)8-11-2-4-14(5-3-11)17(18,19)20/h6-7,10-11,14H,2-5,8-9H2,1H3,(H2,21,24)/t10-,11?,14?/m0/s1. The molecule has 1 aliphatic heterocycles. The van der Waals surface area contributed by atoms with Gasteiger partial charge in [0.1, 0.15) is 0 Å². The van der Waals surface area contributed by atoms with Crippen LogP contribution >= 0.6 is 0 Å². The van der Waals surface area contributed by atoms with E-state index in [9.17, 15) is 18.0 Å². The highest BCUT2D eigenvalue weighted by molar-refractivity contribution is 5.92. The number of nitrogens with zero attached hydrogens (tertiary/aromatic N) is 2. The van der Waals surface area contributed by atoms with Gasteiger partial charge in [0.15, 0.2) is 0 Å². The molecule has 1 fully saturated rings. The van der Waals surface area contributed by atoms with Gasteiger partial charge in [-0.15, -0.1) is 0 Å². The van der Waals surface area contributed by atoms with Gasteiger partial charge in [-0.25, -0.2) is 0 Å². The van der Waals surface area contributed by atoms with Crippen LogP contribution in [0.15, 0.2) is 12.3 Å². The highest BCUT2D eigenvalue weighted by Gasteiger charge is 2.42. The largest absolute Gasteiger partial charge is 0.391 e. The predicted octanol–water partition coefficient (Wildman–Crippen LogP) is 3.43. The molecule has 1 saturated carbocycles. The zero-order chi connectivity index (χ0) is 17.5. The van der Waals surface area contributed by atoms with Gasteiger partial charge >= 0.3 is 6.18 Å². The van der Waals surface area contributed by atoms with Crippen LogP contribution in [0.25, 0.3) is 0 Å². The number of pyridine rings is 1. The summed E-state index contributed by atoms with van der Waals surface area (Å²) in [7, 11) is 0. The molecule has 132 valence electrons. The molecule has 2 heterocycles. The molecule has 7 heteroatoms. The lowest BCUT2D eigenvalue weighted by atomic mass is 9.81. The fourth-order valence-corrected chi connectivity index (χ4v) is 3.91. The lowest BCUT2D eigenvalue weighted by Gasteiger charge is -2.33. The van der Waals surface area contributed by atoms with E-state index >= 15 is 0 Å². The molecule has 2 N–H and O–H groups in total. The Labute approximate surface area is 139 Å². The summed E-state index contributed by atoms with van der Waals surface area (Å²) in [6.07, 6.45) is -0.874. The number of hydrogen-bond acceptors (Lipinski definition) is 3. The normalized spacial score (nSPS) is 27.9. The number of alkyl halides is 3. The van der Waals surface area contributed by atoms with Crippen molar-refractivity contribution in [3.05, 3.63) is 29.1 Å². The molecule has 3 rings (SSSR count). The number of amides is 1. The lowest BCUT2D eigenvalue weighted by molar-refractivity contribution is -0.184. The smallest absolute Gasteiger partial charge is 0.366 e. The number of halogens is 3. The maximum atomic E-state index is 12.8. The van der Waals surface area contributed by atoms with Gasteiger partial charge in [0, 0.05) is 25.3 Å². The van der Waals surface area contributed by atoms with E-state index in [1.165, 1.54) is 6.20 Å². The number of hydrogen-bond donors (Lipinski definition) is 1. The van der Waals surface area contributed by atoms with Crippen molar-refractivity contribution in [2.24, 2.45) is 17.6 Å². The molecule has 1 aliphatic carbocycles. The Balaban J connectivity index is 1.61. The van der Waals surface area contributed by atoms with E-state index in [1.54, 1.807) is 6.07 Å². The van der Waals surface area contributed by atoms with Gasteiger partial charge < -0.3 is 5.73 Å². The number of carbonyl (C=O) groups is 1. The van der Waals surface area contributed by atoms with Crippen molar-refractivity contribution in [2.45, 2.75) is 51.4 Å². The van der Waals surface area contributed by atoms with E-state index in [4.69, 9.17) is 5.73 Å². The monoisotopic (exact) mass is 341 g/mol. The number of primary amides is 1. The van der Waals surface area contributed by atoms with Crippen molar-refractivity contribution >= 4 is 5.91 Å². The third-order valence-corrected chi connectivity index (χ3v) is 5.41. The maximum Gasteiger partial charge on any atom is 0.391 e. The number of carbonyl (C=O) groups excluding carboxylic acids is 1. The van der Waals surface area contributed by atoms with Gasteiger partial charge in [0.05, 0.1) is 17.2 Å². The van der Waals surface area contributed by atoms with Crippen LogP contribution in [0, 0.1) is 11.8 Å². The Morgan fingerprint density at radius 1 is 1.33 bits per heavy atom. The maximum absolute atomic E-state index is 12.8. The van der Waals surface area contributed by atoms with Gasteiger partial charge in [-0.1, -0.05) is 0 Å². The van der Waals surface area contributed by atoms with Crippen LogP contribution in [-0.2, 0) is 6.54 Å². The molecule has 1 amide bonds. The molecule has 0 spiro atoms. The van der Waals surface area contributed by atoms with Crippen molar-refractivity contribution in [2.75, 3.05) is 6.54 Å². The molecule has 24 heavy (non-hydrogen) atoms. The highest BCUT2D eigenvalue weighted by Crippen LogP contribution is 2.41. The van der Waals surface area contributed by atoms with Gasteiger partial charge in [-0.05, 0) is 50.2 Å². The van der Waals surface area contributed by atoms with E-state index in [-0.39, 0.29) is 24.8 Å². The second-order valence-electron chi connectivity index (χ2n) is 7.00. The third-order valence-electron chi connectivity index (χ3n) is 5.41. The fourth-order valence-electron chi connectivity index (χ4n) is 3.91. The van der Waals surface area contributed by atoms with E-state index in [2.05, 4.69) is 9.88 Å². The van der Waals surface area contributed by atoms with E-state index < -0.39 is 18.0 Å². The highest BCUT2D eigenvalue weighted by atomic mass is 19.4. The minimum atomic E-state index is -4.06. The lowest BCUT2D eigenvalue weighted by Crippen LogP contribution is -2.33. The second-order valence-corrected chi connectivity index (χ2v) is 7.00. The Morgan fingerprint density at radius 3 is 2.58 bits per heavy atom. The third kappa shape index (κ3) is 3.41. The van der Waals surface area contributed by atoms with E-state index in [0.29, 0.717) is 24.9 Å². The molecular formula is C17H22F3N3O. The SMILES string of the molecule is C[C@H]1c2ncc(C(N)=O)cc2CN1CC1CCC(C(F)(F)F)CC1. The van der Waals surface area contributed by atoms with Crippen LogP contribution in [0.2, 0.25) is 0 Å². The first-order valence-electron chi connectivity index (χ1n) is 8.35. The number of nitrogens with two attached hydrogens (primary N) is 1. The molecule has 1 atom stereocenters. The van der Waals surface area contributed by atoms with Crippen molar-refractivity contribution in [3.8, 4) is 0 Å². The van der Waals surface area contributed by atoms with Crippen LogP contribution in [0.4, 0.5) is 13.2 Å². The van der Waals surface area contributed by atoms with Gasteiger partial charge in [0.25, 0.3) is 0 Å². The quantitative estimate of drug-likeness (QED) is 0.916. The molecule has 0 radical (unpaired) electrons. The zero-order valence-electron chi connectivity index (χ0n) is 13.6. The Bertz CT molecular complexity index is 624. The molecule has 1 aromatic rings. The summed E-state index contributed by atoms with van der Waals surface area (Å²) in [5, 5.41) is 0. The molecule has 4 nitrogen and oxygen atoms in total. The van der Waals surface area contributed by atoms with Crippen molar-refractivity contribution in [1.29, 1.82) is 0 Å². The summed E-state index contributed by atoms with van der Waals surface area (Å²) >= 11 is 0. The molecule has 0 aromatic carbocycles. The predicted molar refractivity (Wildman–Crippen MR) is 83.1 cm³/mol. The Hall–Kier alpha value is -1.63. The summed E-state index contributed by atoms with van der Waals surface area (Å²) in [4.78, 5) is 17.9. The summed E-state index contributed by atoms with van der Waals surface area (Å²) < 4.78 is 38.3. The molecule has 1 aromatic heterocycles. The zero-order valence-corrected chi connectivity index (χ0v) is 13.6. The molecular weight excluding hydrogens is 319 g/mol. The molecule has 2 aliphatic rings. The van der Waals surface area contributed by atoms with Gasteiger partial charge in [-0.3, -0.25) is 14.7 Å². The second kappa shape index (κ2) is 6.35. The fraction of sp³-hybridized carbons (Fsp3) is 0.647. The van der Waals surface area contributed by atoms with E-state index in [0.717, 1.165) is 17.8 Å². The summed E-state index contributed by atoms with van der Waals surface area (Å²) in [6, 6.07) is 1.89. The average Bonchev–Trinajstić information content (AvgIpc) is 2.82. The van der Waals surface area contributed by atoms with Crippen molar-refractivity contribution in [3.63, 3.8) is 0 Å². The number of fused-ring (bicyclic) bond motifs is 1. The molecule has 0 saturated heterocycles. The van der Waals surface area contributed by atoms with Crippen molar-refractivity contribution in [1.82, 2.24) is 9.88 Å². The van der Waals surface area contributed by atoms with Crippen LogP contribution in [0.3, 0.4) is 0 Å². The average molecular weight is 341 g/mol. The van der Waals surface area contributed by atoms with Crippen LogP contribution in [-0.4, -0.2) is 28.5 Å². The molecule has 0 unspecified atom stereocenters. The first-order valence-corrected chi connectivity index (χ1v) is 8.35. The minimum absolute atomic E-state index is 0.113. The molecule has 0 bridgehead atoms. The first kappa shape index (κ1) is 17.2. The van der Waals surface area contributed by atoms with Gasteiger partial charge in [0.2, 0.25) is 5.91 Å². The van der Waals surface area contributed by atoms with Gasteiger partial charge in [-0.2, -0.15) is 13.2 Å². The minimum Gasteiger partial charge on any atom is -0.366 e. The summed E-state index contributed by atoms with van der Waals surface area (Å²) in [5.41, 5.74) is 7.61. The van der Waals surface area contributed by atoms with Crippen LogP contribution in [0.5, 0.6) is 0 Å². The Kier molecular flexibility index (Phi) is 4.55. The number of rotatable bonds is 3. The van der Waals surface area contributed by atoms with Crippen molar-refractivity contribution < 1.29 is 18.0 Å².